The number of aromatic nitrogens is 1. The van der Waals surface area contributed by atoms with Gasteiger partial charge in [0.05, 0.1) is 22.6 Å². The van der Waals surface area contributed by atoms with Crippen LogP contribution in [0.5, 0.6) is 0 Å². The van der Waals surface area contributed by atoms with Crippen LogP contribution >= 0.6 is 11.3 Å². The first kappa shape index (κ1) is 18.1. The molecule has 0 aliphatic heterocycles. The molecule has 1 atom stereocenters. The van der Waals surface area contributed by atoms with Crippen molar-refractivity contribution in [3.05, 3.63) is 58.6 Å². The van der Waals surface area contributed by atoms with Gasteiger partial charge in [0, 0.05) is 6.54 Å². The lowest BCUT2D eigenvalue weighted by Gasteiger charge is -2.15. The molecule has 0 bridgehead atoms. The number of allylic oxidation sites excluding steroid dienone is 3. The lowest BCUT2D eigenvalue weighted by molar-refractivity contribution is -0.140. The summed E-state index contributed by atoms with van der Waals surface area (Å²) in [6.45, 7) is 2.33. The zero-order chi connectivity index (χ0) is 18.5. The van der Waals surface area contributed by atoms with Gasteiger partial charge >= 0.3 is 5.97 Å². The number of carboxylic acid groups (broad SMARTS) is 1. The Kier molecular flexibility index (Phi) is 5.63. The Morgan fingerprint density at radius 2 is 2.27 bits per heavy atom. The van der Waals surface area contributed by atoms with Crippen LogP contribution in [-0.2, 0) is 16.0 Å². The fraction of sp³-hybridized carbons (Fsp3) is 0.250. The van der Waals surface area contributed by atoms with Gasteiger partial charge in [0.25, 0.3) is 0 Å². The number of aliphatic carboxylic acids is 1. The van der Waals surface area contributed by atoms with Crippen LogP contribution in [0.25, 0.3) is 16.3 Å². The van der Waals surface area contributed by atoms with Gasteiger partial charge in [-0.05, 0) is 36.6 Å². The molecule has 5 nitrogen and oxygen atoms in total. The summed E-state index contributed by atoms with van der Waals surface area (Å²) in [5.74, 6) is -1.47. The van der Waals surface area contributed by atoms with Gasteiger partial charge in [-0.3, -0.25) is 9.59 Å². The number of rotatable bonds is 6. The number of nitrogens with zero attached hydrogens (tertiary/aromatic N) is 1. The molecule has 1 heterocycles. The van der Waals surface area contributed by atoms with Crippen molar-refractivity contribution in [2.24, 2.45) is 5.92 Å². The SMILES string of the molecule is C/C=C/c1ccc2sc(CC(=O)NCC3=CC=CC(C(=O)O)C3)nc2c1. The van der Waals surface area contributed by atoms with Crippen molar-refractivity contribution < 1.29 is 14.7 Å². The van der Waals surface area contributed by atoms with Crippen molar-refractivity contribution in [2.45, 2.75) is 19.8 Å². The van der Waals surface area contributed by atoms with E-state index in [1.807, 2.05) is 43.4 Å². The van der Waals surface area contributed by atoms with E-state index in [1.54, 1.807) is 12.2 Å². The van der Waals surface area contributed by atoms with Gasteiger partial charge < -0.3 is 10.4 Å². The molecule has 0 fully saturated rings. The summed E-state index contributed by atoms with van der Waals surface area (Å²) in [5, 5.41) is 12.7. The monoisotopic (exact) mass is 368 g/mol. The molecule has 1 aromatic carbocycles. The molecule has 26 heavy (non-hydrogen) atoms. The smallest absolute Gasteiger partial charge is 0.310 e. The van der Waals surface area contributed by atoms with Gasteiger partial charge in [-0.1, -0.05) is 36.4 Å². The van der Waals surface area contributed by atoms with Crippen LogP contribution < -0.4 is 5.32 Å². The highest BCUT2D eigenvalue weighted by atomic mass is 32.1. The summed E-state index contributed by atoms with van der Waals surface area (Å²) >= 11 is 1.52. The zero-order valence-electron chi connectivity index (χ0n) is 14.4. The van der Waals surface area contributed by atoms with Crippen LogP contribution in [0.2, 0.25) is 0 Å². The topological polar surface area (TPSA) is 79.3 Å². The van der Waals surface area contributed by atoms with E-state index in [-0.39, 0.29) is 12.3 Å². The minimum Gasteiger partial charge on any atom is -0.481 e. The molecule has 0 spiro atoms. The number of amides is 1. The Hall–Kier alpha value is -2.73. The largest absolute Gasteiger partial charge is 0.481 e. The maximum absolute atomic E-state index is 12.2. The molecule has 6 heteroatoms. The first-order chi connectivity index (χ1) is 12.5. The molecule has 1 aliphatic carbocycles. The number of thiazole rings is 1. The van der Waals surface area contributed by atoms with Crippen molar-refractivity contribution in [3.8, 4) is 0 Å². The van der Waals surface area contributed by atoms with Crippen molar-refractivity contribution in [2.75, 3.05) is 6.54 Å². The second-order valence-electron chi connectivity index (χ2n) is 6.15. The lowest BCUT2D eigenvalue weighted by atomic mass is 9.94. The Morgan fingerprint density at radius 3 is 3.04 bits per heavy atom. The summed E-state index contributed by atoms with van der Waals surface area (Å²) in [6.07, 6.45) is 9.91. The average molecular weight is 368 g/mol. The third-order valence-electron chi connectivity index (χ3n) is 4.11. The first-order valence-electron chi connectivity index (χ1n) is 8.43. The van der Waals surface area contributed by atoms with Crippen LogP contribution in [0.1, 0.15) is 23.9 Å². The highest BCUT2D eigenvalue weighted by molar-refractivity contribution is 7.18. The highest BCUT2D eigenvalue weighted by Gasteiger charge is 2.18. The third kappa shape index (κ3) is 4.46. The van der Waals surface area contributed by atoms with E-state index < -0.39 is 11.9 Å². The van der Waals surface area contributed by atoms with Crippen LogP contribution in [-0.4, -0.2) is 28.5 Å². The summed E-state index contributed by atoms with van der Waals surface area (Å²) in [5.41, 5.74) is 2.90. The van der Waals surface area contributed by atoms with E-state index in [9.17, 15) is 9.59 Å². The number of carbonyl (C=O) groups is 2. The summed E-state index contributed by atoms with van der Waals surface area (Å²) in [6, 6.07) is 6.07. The predicted molar refractivity (Wildman–Crippen MR) is 104 cm³/mol. The molecule has 0 radical (unpaired) electrons. The van der Waals surface area contributed by atoms with E-state index >= 15 is 0 Å². The fourth-order valence-corrected chi connectivity index (χ4v) is 3.77. The molecule has 1 aromatic heterocycles. The zero-order valence-corrected chi connectivity index (χ0v) is 15.3. The molecule has 2 aromatic rings. The van der Waals surface area contributed by atoms with E-state index in [0.717, 1.165) is 26.4 Å². The number of carboxylic acids is 1. The standard InChI is InChI=1S/C20H20N2O3S/c1-2-4-13-7-8-17-16(10-13)22-19(26-17)11-18(23)21-12-14-5-3-6-15(9-14)20(24)25/h2-8,10,15H,9,11-12H2,1H3,(H,21,23)(H,24,25)/b4-2+. The second kappa shape index (κ2) is 8.10. The quantitative estimate of drug-likeness (QED) is 0.817. The van der Waals surface area contributed by atoms with Crippen LogP contribution in [0.3, 0.4) is 0 Å². The molecule has 0 saturated carbocycles. The summed E-state index contributed by atoms with van der Waals surface area (Å²) < 4.78 is 1.06. The van der Waals surface area contributed by atoms with Gasteiger partial charge in [-0.15, -0.1) is 11.3 Å². The fourth-order valence-electron chi connectivity index (χ4n) is 2.82. The van der Waals surface area contributed by atoms with Gasteiger partial charge in [0.1, 0.15) is 5.01 Å². The summed E-state index contributed by atoms with van der Waals surface area (Å²) in [4.78, 5) is 27.8. The van der Waals surface area contributed by atoms with Gasteiger partial charge in [-0.25, -0.2) is 4.98 Å². The van der Waals surface area contributed by atoms with Crippen LogP contribution in [0, 0.1) is 5.92 Å². The Labute approximate surface area is 155 Å². The van der Waals surface area contributed by atoms with E-state index in [0.29, 0.717) is 13.0 Å². The molecule has 2 N–H and O–H groups in total. The van der Waals surface area contributed by atoms with E-state index in [1.165, 1.54) is 11.3 Å². The molecule has 134 valence electrons. The molecule has 1 amide bonds. The van der Waals surface area contributed by atoms with Crippen molar-refractivity contribution in [1.82, 2.24) is 10.3 Å². The average Bonchev–Trinajstić information content (AvgIpc) is 3.02. The van der Waals surface area contributed by atoms with Crippen LogP contribution in [0.15, 0.2) is 48.1 Å². The maximum atomic E-state index is 12.2. The molecular formula is C20H20N2O3S. The molecule has 3 rings (SSSR count). The number of fused-ring (bicyclic) bond motifs is 1. The van der Waals surface area contributed by atoms with Crippen molar-refractivity contribution >= 4 is 39.5 Å². The molecule has 1 aliphatic rings. The molecule has 1 unspecified atom stereocenters. The normalized spacial score (nSPS) is 16.8. The van der Waals surface area contributed by atoms with Crippen molar-refractivity contribution in [3.63, 3.8) is 0 Å². The number of benzene rings is 1. The Morgan fingerprint density at radius 1 is 1.42 bits per heavy atom. The number of hydrogen-bond acceptors (Lipinski definition) is 4. The first-order valence-corrected chi connectivity index (χ1v) is 9.24. The van der Waals surface area contributed by atoms with Gasteiger partial charge in [-0.2, -0.15) is 0 Å². The lowest BCUT2D eigenvalue weighted by Crippen LogP contribution is -2.28. The van der Waals surface area contributed by atoms with E-state index in [2.05, 4.69) is 10.3 Å². The van der Waals surface area contributed by atoms with Crippen molar-refractivity contribution in [1.29, 1.82) is 0 Å². The van der Waals surface area contributed by atoms with Crippen LogP contribution in [0.4, 0.5) is 0 Å². The maximum Gasteiger partial charge on any atom is 0.310 e. The second-order valence-corrected chi connectivity index (χ2v) is 7.26. The predicted octanol–water partition coefficient (Wildman–Crippen LogP) is 3.58. The number of carbonyl (C=O) groups excluding carboxylic acids is 1. The minimum atomic E-state index is -0.843. The summed E-state index contributed by atoms with van der Waals surface area (Å²) in [7, 11) is 0. The van der Waals surface area contributed by atoms with Gasteiger partial charge in [0.2, 0.25) is 5.91 Å². The highest BCUT2D eigenvalue weighted by Crippen LogP contribution is 2.24. The van der Waals surface area contributed by atoms with E-state index in [4.69, 9.17) is 5.11 Å². The third-order valence-corrected chi connectivity index (χ3v) is 5.15. The molecular weight excluding hydrogens is 348 g/mol. The Bertz CT molecular complexity index is 924. The number of nitrogens with one attached hydrogen (secondary N) is 1. The van der Waals surface area contributed by atoms with Gasteiger partial charge in [0.15, 0.2) is 0 Å². The number of hydrogen-bond donors (Lipinski definition) is 2. The Balaban J connectivity index is 1.58. The molecule has 0 saturated heterocycles. The minimum absolute atomic E-state index is 0.111.